The smallest absolute Gasteiger partial charge is 0.268 e. The highest BCUT2D eigenvalue weighted by Crippen LogP contribution is 2.19. The van der Waals surface area contributed by atoms with Crippen LogP contribution in [-0.4, -0.2) is 20.7 Å². The molecule has 1 N–H and O–H groups in total. The largest absolute Gasteiger partial charge is 0.489 e. The Morgan fingerprint density at radius 1 is 1.13 bits per heavy atom. The maximum Gasteiger partial charge on any atom is 0.268 e. The van der Waals surface area contributed by atoms with E-state index < -0.39 is 0 Å². The van der Waals surface area contributed by atoms with Crippen molar-refractivity contribution < 1.29 is 9.53 Å². The molecule has 2 aromatic carbocycles. The van der Waals surface area contributed by atoms with Crippen LogP contribution in [0, 0.1) is 13.8 Å². The zero-order chi connectivity index (χ0) is 20.9. The Morgan fingerprint density at radius 2 is 1.93 bits per heavy atom. The fourth-order valence-corrected chi connectivity index (χ4v) is 3.72. The lowest BCUT2D eigenvalue weighted by atomic mass is 10.1. The van der Waals surface area contributed by atoms with E-state index in [4.69, 9.17) is 4.74 Å². The van der Waals surface area contributed by atoms with Crippen molar-refractivity contribution in [3.8, 4) is 5.75 Å². The minimum atomic E-state index is -0.227. The second kappa shape index (κ2) is 8.92. The summed E-state index contributed by atoms with van der Waals surface area (Å²) in [6.45, 7) is 5.12. The summed E-state index contributed by atoms with van der Waals surface area (Å²) in [4.78, 5) is 17.3. The zero-order valence-electron chi connectivity index (χ0n) is 16.8. The number of rotatable bonds is 7. The molecule has 30 heavy (non-hydrogen) atoms. The number of benzene rings is 2. The van der Waals surface area contributed by atoms with Crippen LogP contribution in [0.3, 0.4) is 0 Å². The van der Waals surface area contributed by atoms with Gasteiger partial charge in [-0.05, 0) is 48.6 Å². The minimum absolute atomic E-state index is 0.227. The van der Waals surface area contributed by atoms with E-state index in [2.05, 4.69) is 34.5 Å². The Kier molecular flexibility index (Phi) is 5.90. The summed E-state index contributed by atoms with van der Waals surface area (Å²) in [5, 5.41) is 9.04. The van der Waals surface area contributed by atoms with Gasteiger partial charge in [-0.2, -0.15) is 0 Å². The summed E-state index contributed by atoms with van der Waals surface area (Å²) in [7, 11) is 0. The van der Waals surface area contributed by atoms with Gasteiger partial charge in [-0.3, -0.25) is 10.1 Å². The molecule has 0 aliphatic heterocycles. The molecule has 6 nitrogen and oxygen atoms in total. The van der Waals surface area contributed by atoms with Crippen LogP contribution in [0.1, 0.15) is 31.9 Å². The number of anilines is 1. The van der Waals surface area contributed by atoms with Crippen molar-refractivity contribution in [1.29, 1.82) is 0 Å². The van der Waals surface area contributed by atoms with Gasteiger partial charge in [0.2, 0.25) is 5.95 Å². The van der Waals surface area contributed by atoms with Gasteiger partial charge >= 0.3 is 0 Å². The third-order valence-electron chi connectivity index (χ3n) is 4.66. The summed E-state index contributed by atoms with van der Waals surface area (Å²) in [5.74, 6) is 0.871. The maximum atomic E-state index is 12.5. The molecule has 2 heterocycles. The molecule has 7 heteroatoms. The summed E-state index contributed by atoms with van der Waals surface area (Å²) < 4.78 is 7.49. The first-order valence-electron chi connectivity index (χ1n) is 9.59. The van der Waals surface area contributed by atoms with Crippen molar-refractivity contribution >= 4 is 23.2 Å². The Labute approximate surface area is 179 Å². The van der Waals surface area contributed by atoms with Crippen LogP contribution in [0.2, 0.25) is 0 Å². The molecule has 0 saturated carbocycles. The Bertz CT molecular complexity index is 1150. The Balaban J connectivity index is 1.34. The van der Waals surface area contributed by atoms with E-state index in [0.29, 0.717) is 24.0 Å². The van der Waals surface area contributed by atoms with Crippen molar-refractivity contribution in [2.24, 2.45) is 0 Å². The number of carbonyl (C=O) groups is 1. The number of nitrogens with one attached hydrogen (secondary N) is 1. The predicted octanol–water partition coefficient (Wildman–Crippen LogP) is 4.84. The molecule has 0 aliphatic rings. The molecular formula is C23H22N4O2S. The number of hydrogen-bond donors (Lipinski definition) is 1. The molecule has 2 aromatic heterocycles. The highest BCUT2D eigenvalue weighted by atomic mass is 32.1. The van der Waals surface area contributed by atoms with Crippen LogP contribution in [0.4, 0.5) is 5.95 Å². The van der Waals surface area contributed by atoms with Gasteiger partial charge in [-0.25, -0.2) is 9.67 Å². The first-order valence-corrected chi connectivity index (χ1v) is 10.5. The van der Waals surface area contributed by atoms with E-state index in [0.717, 1.165) is 16.9 Å². The lowest BCUT2D eigenvalue weighted by Gasteiger charge is -2.05. The van der Waals surface area contributed by atoms with E-state index >= 15 is 0 Å². The average Bonchev–Trinajstić information content (AvgIpc) is 3.39. The normalized spacial score (nSPS) is 10.7. The van der Waals surface area contributed by atoms with Crippen LogP contribution in [0.25, 0.3) is 0 Å². The molecule has 0 fully saturated rings. The van der Waals surface area contributed by atoms with Gasteiger partial charge in [0.25, 0.3) is 5.91 Å². The van der Waals surface area contributed by atoms with E-state index in [1.807, 2.05) is 54.8 Å². The fourth-order valence-electron chi connectivity index (χ4n) is 2.92. The number of aromatic nitrogens is 3. The van der Waals surface area contributed by atoms with Crippen molar-refractivity contribution in [3.05, 3.63) is 93.4 Å². The molecule has 0 bridgehead atoms. The van der Waals surface area contributed by atoms with Gasteiger partial charge < -0.3 is 4.74 Å². The van der Waals surface area contributed by atoms with Gasteiger partial charge in [0.15, 0.2) is 0 Å². The van der Waals surface area contributed by atoms with Crippen molar-refractivity contribution in [2.75, 3.05) is 5.32 Å². The van der Waals surface area contributed by atoms with E-state index in [9.17, 15) is 4.79 Å². The number of amides is 1. The van der Waals surface area contributed by atoms with Gasteiger partial charge in [-0.1, -0.05) is 42.0 Å². The number of aryl methyl sites for hydroxylation is 2. The van der Waals surface area contributed by atoms with Crippen LogP contribution >= 0.6 is 11.3 Å². The summed E-state index contributed by atoms with van der Waals surface area (Å²) in [6, 6.07) is 17.8. The minimum Gasteiger partial charge on any atom is -0.489 e. The van der Waals surface area contributed by atoms with Crippen LogP contribution in [0.15, 0.2) is 66.3 Å². The maximum absolute atomic E-state index is 12.5. The number of thiophene rings is 1. The Morgan fingerprint density at radius 3 is 2.73 bits per heavy atom. The van der Waals surface area contributed by atoms with Crippen LogP contribution in [-0.2, 0) is 13.2 Å². The molecule has 0 aliphatic carbocycles. The highest BCUT2D eigenvalue weighted by Gasteiger charge is 2.12. The number of nitrogens with zero attached hydrogens (tertiary/aromatic N) is 3. The monoisotopic (exact) mass is 418 g/mol. The van der Waals surface area contributed by atoms with Crippen molar-refractivity contribution in [3.63, 3.8) is 0 Å². The van der Waals surface area contributed by atoms with Gasteiger partial charge in [0, 0.05) is 5.56 Å². The molecule has 4 rings (SSSR count). The molecule has 4 aromatic rings. The average molecular weight is 419 g/mol. The SMILES string of the molecule is Cc1ccc(OCc2csc(C(=O)Nc3ncn(Cc4ccccc4C)n3)c2)cc1. The molecular weight excluding hydrogens is 396 g/mol. The fraction of sp³-hybridized carbons (Fsp3) is 0.174. The first-order chi connectivity index (χ1) is 14.6. The van der Waals surface area contributed by atoms with Gasteiger partial charge in [0.05, 0.1) is 11.4 Å². The summed E-state index contributed by atoms with van der Waals surface area (Å²) >= 11 is 1.37. The number of ether oxygens (including phenoxy) is 1. The Hall–Kier alpha value is -3.45. The molecule has 0 atom stereocenters. The molecule has 0 radical (unpaired) electrons. The van der Waals surface area contributed by atoms with Crippen LogP contribution < -0.4 is 10.1 Å². The van der Waals surface area contributed by atoms with E-state index in [-0.39, 0.29) is 5.91 Å². The van der Waals surface area contributed by atoms with Crippen LogP contribution in [0.5, 0.6) is 5.75 Å². The number of carbonyl (C=O) groups excluding carboxylic acids is 1. The first kappa shape index (κ1) is 19.8. The van der Waals surface area contributed by atoms with Crippen molar-refractivity contribution in [2.45, 2.75) is 27.0 Å². The molecule has 0 saturated heterocycles. The number of hydrogen-bond acceptors (Lipinski definition) is 5. The third-order valence-corrected chi connectivity index (χ3v) is 5.64. The predicted molar refractivity (Wildman–Crippen MR) is 118 cm³/mol. The summed E-state index contributed by atoms with van der Waals surface area (Å²) in [5.41, 5.74) is 4.49. The summed E-state index contributed by atoms with van der Waals surface area (Å²) in [6.07, 6.45) is 1.62. The second-order valence-electron chi connectivity index (χ2n) is 7.07. The molecule has 0 spiro atoms. The van der Waals surface area contributed by atoms with E-state index in [1.165, 1.54) is 22.5 Å². The molecule has 1 amide bonds. The lowest BCUT2D eigenvalue weighted by molar-refractivity contribution is 0.102. The standard InChI is InChI=1S/C23H22N4O2S/c1-16-7-9-20(10-8-16)29-13-18-11-21(30-14-18)22(28)25-23-24-15-27(26-23)12-19-6-4-3-5-17(19)2/h3-11,14-15H,12-13H2,1-2H3,(H,25,26,28). The van der Waals surface area contributed by atoms with Gasteiger partial charge in [0.1, 0.15) is 18.7 Å². The topological polar surface area (TPSA) is 69.0 Å². The quantitative estimate of drug-likeness (QED) is 0.466. The highest BCUT2D eigenvalue weighted by molar-refractivity contribution is 7.12. The molecule has 0 unspecified atom stereocenters. The van der Waals surface area contributed by atoms with Crippen molar-refractivity contribution in [1.82, 2.24) is 14.8 Å². The zero-order valence-corrected chi connectivity index (χ0v) is 17.6. The molecule has 152 valence electrons. The lowest BCUT2D eigenvalue weighted by Crippen LogP contribution is -2.12. The van der Waals surface area contributed by atoms with Gasteiger partial charge in [-0.15, -0.1) is 16.4 Å². The third kappa shape index (κ3) is 4.93. The van der Waals surface area contributed by atoms with E-state index in [1.54, 1.807) is 11.0 Å². The second-order valence-corrected chi connectivity index (χ2v) is 7.98.